The molecular formula is C15H10ClFN4O2. The largest absolute Gasteiger partial charge is 0.457 e. The Labute approximate surface area is 135 Å². The number of hydrogen-bond donors (Lipinski definition) is 0. The predicted molar refractivity (Wildman–Crippen MR) is 79.7 cm³/mol. The van der Waals surface area contributed by atoms with Crippen molar-refractivity contribution in [2.45, 2.75) is 6.61 Å². The van der Waals surface area contributed by atoms with Crippen molar-refractivity contribution in [3.63, 3.8) is 0 Å². The first kappa shape index (κ1) is 15.1. The van der Waals surface area contributed by atoms with Crippen LogP contribution in [0, 0.1) is 5.82 Å². The number of halogens is 2. The first-order valence-electron chi connectivity index (χ1n) is 6.57. The Kier molecular flexibility index (Phi) is 4.29. The lowest BCUT2D eigenvalue weighted by atomic mass is 10.2. The number of ether oxygens (including phenoxy) is 1. The average molecular weight is 333 g/mol. The number of rotatable bonds is 4. The zero-order valence-corrected chi connectivity index (χ0v) is 12.4. The highest BCUT2D eigenvalue weighted by molar-refractivity contribution is 6.31. The van der Waals surface area contributed by atoms with Gasteiger partial charge in [-0.25, -0.2) is 23.8 Å². The fraction of sp³-hybridized carbons (Fsp3) is 0.0667. The van der Waals surface area contributed by atoms with E-state index in [9.17, 15) is 9.18 Å². The molecule has 0 unspecified atom stereocenters. The summed E-state index contributed by atoms with van der Waals surface area (Å²) in [6, 6.07) is 7.38. The maximum absolute atomic E-state index is 13.7. The van der Waals surface area contributed by atoms with Gasteiger partial charge < -0.3 is 4.74 Å². The fourth-order valence-corrected chi connectivity index (χ4v) is 2.16. The quantitative estimate of drug-likeness (QED) is 0.687. The smallest absolute Gasteiger partial charge is 0.342 e. The Morgan fingerprint density at radius 2 is 2.17 bits per heavy atom. The van der Waals surface area contributed by atoms with Crippen LogP contribution in [0.3, 0.4) is 0 Å². The molecule has 116 valence electrons. The molecule has 0 aliphatic rings. The van der Waals surface area contributed by atoms with Crippen LogP contribution in [-0.4, -0.2) is 25.7 Å². The summed E-state index contributed by atoms with van der Waals surface area (Å²) in [6.07, 6.45) is 4.25. The molecule has 2 heterocycles. The molecule has 6 nitrogen and oxygen atoms in total. The molecule has 3 aromatic rings. The van der Waals surface area contributed by atoms with Gasteiger partial charge in [-0.15, -0.1) is 0 Å². The number of aromatic nitrogens is 4. The average Bonchev–Trinajstić information content (AvgIpc) is 3.08. The van der Waals surface area contributed by atoms with Crippen molar-refractivity contribution in [1.29, 1.82) is 0 Å². The van der Waals surface area contributed by atoms with Crippen LogP contribution in [0.1, 0.15) is 15.9 Å². The number of esters is 1. The number of nitrogens with zero attached hydrogens (tertiary/aromatic N) is 4. The van der Waals surface area contributed by atoms with Crippen molar-refractivity contribution in [3.8, 4) is 5.82 Å². The zero-order chi connectivity index (χ0) is 16.2. The van der Waals surface area contributed by atoms with E-state index in [0.717, 1.165) is 0 Å². The van der Waals surface area contributed by atoms with Crippen LogP contribution in [0.15, 0.2) is 49.2 Å². The number of carbonyl (C=O) groups excluding carboxylic acids is 1. The Morgan fingerprint density at radius 3 is 2.91 bits per heavy atom. The Bertz CT molecular complexity index is 819. The van der Waals surface area contributed by atoms with Crippen LogP contribution in [0.2, 0.25) is 5.02 Å². The second-order valence-corrected chi connectivity index (χ2v) is 4.90. The van der Waals surface area contributed by atoms with E-state index in [1.54, 1.807) is 6.07 Å². The summed E-state index contributed by atoms with van der Waals surface area (Å²) in [5, 5.41) is 4.13. The topological polar surface area (TPSA) is 69.9 Å². The van der Waals surface area contributed by atoms with E-state index in [-0.39, 0.29) is 28.6 Å². The third-order valence-electron chi connectivity index (χ3n) is 3.05. The normalized spacial score (nSPS) is 10.5. The van der Waals surface area contributed by atoms with E-state index < -0.39 is 11.8 Å². The maximum Gasteiger partial charge on any atom is 0.342 e. The molecule has 0 amide bonds. The van der Waals surface area contributed by atoms with Gasteiger partial charge in [0.2, 0.25) is 0 Å². The number of benzene rings is 1. The van der Waals surface area contributed by atoms with Crippen molar-refractivity contribution in [1.82, 2.24) is 19.7 Å². The van der Waals surface area contributed by atoms with Crippen molar-refractivity contribution >= 4 is 17.6 Å². The highest BCUT2D eigenvalue weighted by Gasteiger charge is 2.17. The minimum Gasteiger partial charge on any atom is -0.457 e. The van der Waals surface area contributed by atoms with Gasteiger partial charge in [0.15, 0.2) is 5.82 Å². The lowest BCUT2D eigenvalue weighted by Crippen LogP contribution is -2.12. The fourth-order valence-electron chi connectivity index (χ4n) is 1.94. The van der Waals surface area contributed by atoms with Crippen molar-refractivity contribution < 1.29 is 13.9 Å². The molecule has 1 aromatic carbocycles. The first-order valence-corrected chi connectivity index (χ1v) is 6.94. The van der Waals surface area contributed by atoms with Crippen molar-refractivity contribution in [2.75, 3.05) is 0 Å². The molecule has 0 atom stereocenters. The zero-order valence-electron chi connectivity index (χ0n) is 11.7. The van der Waals surface area contributed by atoms with E-state index in [0.29, 0.717) is 0 Å². The van der Waals surface area contributed by atoms with Crippen LogP contribution in [0.25, 0.3) is 5.82 Å². The minimum atomic E-state index is -0.664. The highest BCUT2D eigenvalue weighted by Crippen LogP contribution is 2.21. The maximum atomic E-state index is 13.7. The van der Waals surface area contributed by atoms with Gasteiger partial charge in [-0.05, 0) is 24.3 Å². The molecule has 0 aliphatic carbocycles. The summed E-state index contributed by atoms with van der Waals surface area (Å²) in [5.41, 5.74) is 0.305. The highest BCUT2D eigenvalue weighted by atomic mass is 35.5. The van der Waals surface area contributed by atoms with Gasteiger partial charge in [0.25, 0.3) is 0 Å². The second-order valence-electron chi connectivity index (χ2n) is 4.49. The van der Waals surface area contributed by atoms with Crippen LogP contribution in [0.5, 0.6) is 0 Å². The van der Waals surface area contributed by atoms with Crippen LogP contribution < -0.4 is 0 Å². The third-order valence-corrected chi connectivity index (χ3v) is 3.41. The predicted octanol–water partition coefficient (Wildman–Crippen LogP) is 2.81. The molecular weight excluding hydrogens is 323 g/mol. The standard InChI is InChI=1S/C15H10ClFN4O2/c16-12-4-1-5-13(17)11(12)7-23-15(22)10-3-2-6-19-14(10)21-9-18-8-20-21/h1-6,8-9H,7H2. The van der Waals surface area contributed by atoms with Gasteiger partial charge in [0.05, 0.1) is 5.02 Å². The Balaban J connectivity index is 1.82. The van der Waals surface area contributed by atoms with Gasteiger partial charge in [-0.1, -0.05) is 17.7 Å². The SMILES string of the molecule is O=C(OCc1c(F)cccc1Cl)c1cccnc1-n1cncn1. The summed E-state index contributed by atoms with van der Waals surface area (Å²) >= 11 is 5.91. The molecule has 3 rings (SSSR count). The van der Waals surface area contributed by atoms with E-state index in [1.165, 1.54) is 47.8 Å². The molecule has 0 spiro atoms. The third kappa shape index (κ3) is 3.19. The number of hydrogen-bond acceptors (Lipinski definition) is 5. The lowest BCUT2D eigenvalue weighted by Gasteiger charge is -2.09. The summed E-state index contributed by atoms with van der Waals surface area (Å²) in [6.45, 7) is -0.282. The Hall–Kier alpha value is -2.80. The van der Waals surface area contributed by atoms with Gasteiger partial charge in [-0.2, -0.15) is 5.10 Å². The molecule has 0 N–H and O–H groups in total. The van der Waals surface area contributed by atoms with Crippen LogP contribution in [-0.2, 0) is 11.3 Å². The Morgan fingerprint density at radius 1 is 1.30 bits per heavy atom. The first-order chi connectivity index (χ1) is 11.2. The second kappa shape index (κ2) is 6.53. The van der Waals surface area contributed by atoms with E-state index in [4.69, 9.17) is 16.3 Å². The van der Waals surface area contributed by atoms with Crippen molar-refractivity contribution in [3.05, 3.63) is 71.2 Å². The van der Waals surface area contributed by atoms with E-state index >= 15 is 0 Å². The molecule has 0 bridgehead atoms. The summed E-state index contributed by atoms with van der Waals surface area (Å²) in [7, 11) is 0. The van der Waals surface area contributed by atoms with Gasteiger partial charge in [0, 0.05) is 11.8 Å². The summed E-state index contributed by atoms with van der Waals surface area (Å²) in [4.78, 5) is 20.2. The van der Waals surface area contributed by atoms with Gasteiger partial charge >= 0.3 is 5.97 Å². The number of pyridine rings is 1. The van der Waals surface area contributed by atoms with E-state index in [2.05, 4.69) is 15.1 Å². The molecule has 2 aromatic heterocycles. The summed E-state index contributed by atoms with van der Waals surface area (Å²) in [5.74, 6) is -0.925. The lowest BCUT2D eigenvalue weighted by molar-refractivity contribution is 0.0468. The molecule has 0 saturated carbocycles. The molecule has 0 fully saturated rings. The van der Waals surface area contributed by atoms with Crippen LogP contribution >= 0.6 is 11.6 Å². The monoisotopic (exact) mass is 332 g/mol. The van der Waals surface area contributed by atoms with Crippen molar-refractivity contribution in [2.24, 2.45) is 0 Å². The minimum absolute atomic E-state index is 0.119. The number of carbonyl (C=O) groups is 1. The molecule has 23 heavy (non-hydrogen) atoms. The molecule has 0 aliphatic heterocycles. The van der Waals surface area contributed by atoms with E-state index in [1.807, 2.05) is 0 Å². The van der Waals surface area contributed by atoms with Crippen LogP contribution in [0.4, 0.5) is 4.39 Å². The molecule has 0 radical (unpaired) electrons. The van der Waals surface area contributed by atoms with Gasteiger partial charge in [-0.3, -0.25) is 0 Å². The van der Waals surface area contributed by atoms with Gasteiger partial charge in [0.1, 0.15) is 30.6 Å². The molecule has 8 heteroatoms. The summed E-state index contributed by atoms with van der Waals surface area (Å²) < 4.78 is 20.2. The molecule has 0 saturated heterocycles.